The van der Waals surface area contributed by atoms with Crippen LogP contribution in [-0.4, -0.2) is 53.1 Å². The zero-order chi connectivity index (χ0) is 18.7. The molecular formula is C15H22N2O6S2. The highest BCUT2D eigenvalue weighted by Gasteiger charge is 2.41. The van der Waals surface area contributed by atoms with Gasteiger partial charge in [0, 0.05) is 0 Å². The van der Waals surface area contributed by atoms with Crippen LogP contribution < -0.4 is 10.0 Å². The molecule has 1 aliphatic heterocycles. The molecule has 1 heterocycles. The summed E-state index contributed by atoms with van der Waals surface area (Å²) in [6.07, 6.45) is 0.00117. The van der Waals surface area contributed by atoms with Crippen molar-refractivity contribution in [3.63, 3.8) is 0 Å². The van der Waals surface area contributed by atoms with Gasteiger partial charge in [0.15, 0.2) is 9.84 Å². The normalized spacial score (nSPS) is 22.5. The molecule has 0 saturated carbocycles. The molecule has 1 aliphatic rings. The molecular weight excluding hydrogens is 368 g/mol. The molecule has 0 radical (unpaired) electrons. The lowest BCUT2D eigenvalue weighted by Crippen LogP contribution is -2.50. The molecule has 140 valence electrons. The molecule has 1 aromatic rings. The number of nitrogens with one attached hydrogen (secondary N) is 2. The van der Waals surface area contributed by atoms with E-state index in [2.05, 4.69) is 10.0 Å². The van der Waals surface area contributed by atoms with Crippen molar-refractivity contribution >= 4 is 26.0 Å². The van der Waals surface area contributed by atoms with E-state index in [1.807, 2.05) is 6.92 Å². The Kier molecular flexibility index (Phi) is 6.07. The van der Waals surface area contributed by atoms with E-state index in [0.29, 0.717) is 0 Å². The van der Waals surface area contributed by atoms with Gasteiger partial charge in [-0.1, -0.05) is 19.1 Å². The van der Waals surface area contributed by atoms with Gasteiger partial charge in [-0.3, -0.25) is 0 Å². The van der Waals surface area contributed by atoms with Crippen LogP contribution in [0, 0.1) is 0 Å². The van der Waals surface area contributed by atoms with Crippen LogP contribution in [0.1, 0.15) is 19.4 Å². The van der Waals surface area contributed by atoms with E-state index in [-0.39, 0.29) is 23.0 Å². The quantitative estimate of drug-likeness (QED) is 0.727. The van der Waals surface area contributed by atoms with Gasteiger partial charge in [0.2, 0.25) is 10.0 Å². The highest BCUT2D eigenvalue weighted by molar-refractivity contribution is 7.92. The van der Waals surface area contributed by atoms with Crippen molar-refractivity contribution in [1.29, 1.82) is 0 Å². The first-order chi connectivity index (χ1) is 11.7. The fourth-order valence-corrected chi connectivity index (χ4v) is 5.85. The average Bonchev–Trinajstić information content (AvgIpc) is 2.80. The van der Waals surface area contributed by atoms with Gasteiger partial charge in [0.1, 0.15) is 0 Å². The number of carbonyl (C=O) groups excluding carboxylic acids is 1. The van der Waals surface area contributed by atoms with Gasteiger partial charge in [-0.15, -0.1) is 0 Å². The Morgan fingerprint density at radius 1 is 1.16 bits per heavy atom. The van der Waals surface area contributed by atoms with E-state index in [1.54, 1.807) is 19.1 Å². The van der Waals surface area contributed by atoms with Crippen LogP contribution in [0.25, 0.3) is 0 Å². The number of alkyl carbamates (subject to hydrolysis) is 1. The van der Waals surface area contributed by atoms with Crippen molar-refractivity contribution in [1.82, 2.24) is 10.0 Å². The van der Waals surface area contributed by atoms with Gasteiger partial charge < -0.3 is 10.1 Å². The van der Waals surface area contributed by atoms with E-state index in [9.17, 15) is 21.6 Å². The van der Waals surface area contributed by atoms with Crippen molar-refractivity contribution in [2.75, 3.05) is 18.1 Å². The number of sulfonamides is 1. The molecule has 0 unspecified atom stereocenters. The van der Waals surface area contributed by atoms with Crippen LogP contribution >= 0.6 is 0 Å². The number of carbonyl (C=O) groups is 1. The second kappa shape index (κ2) is 7.71. The zero-order valence-electron chi connectivity index (χ0n) is 14.1. The van der Waals surface area contributed by atoms with Crippen LogP contribution in [0.4, 0.5) is 4.79 Å². The van der Waals surface area contributed by atoms with Crippen LogP contribution in [0.3, 0.4) is 0 Å². The van der Waals surface area contributed by atoms with E-state index in [0.717, 1.165) is 12.0 Å². The summed E-state index contributed by atoms with van der Waals surface area (Å²) in [5.74, 6) is -0.718. The molecule has 0 aliphatic carbocycles. The first-order valence-electron chi connectivity index (χ1n) is 7.92. The lowest BCUT2D eigenvalue weighted by molar-refractivity contribution is 0.148. The maximum absolute atomic E-state index is 12.5. The fraction of sp³-hybridized carbons (Fsp3) is 0.533. The SMILES string of the molecule is CCOC(=O)N[C@@H]1CS(=O)(=O)C[C@H]1NS(=O)(=O)c1ccc(CC)cc1. The lowest BCUT2D eigenvalue weighted by atomic mass is 10.2. The van der Waals surface area contributed by atoms with Gasteiger partial charge in [0.05, 0.1) is 35.1 Å². The van der Waals surface area contributed by atoms with Crippen LogP contribution in [0.15, 0.2) is 29.2 Å². The summed E-state index contributed by atoms with van der Waals surface area (Å²) in [5.41, 5.74) is 0.990. The standard InChI is InChI=1S/C15H22N2O6S2/c1-3-11-5-7-12(8-6-11)25(21,22)17-14-10-24(19,20)9-13(14)16-15(18)23-4-2/h5-8,13-14,17H,3-4,9-10H2,1-2H3,(H,16,18)/t13-,14-/m1/s1. The van der Waals surface area contributed by atoms with Gasteiger partial charge in [-0.05, 0) is 31.0 Å². The highest BCUT2D eigenvalue weighted by Crippen LogP contribution is 2.17. The summed E-state index contributed by atoms with van der Waals surface area (Å²) in [6.45, 7) is 3.70. The van der Waals surface area contributed by atoms with Crippen LogP contribution in [-0.2, 0) is 31.0 Å². The number of rotatable bonds is 6. The third kappa shape index (κ3) is 5.16. The number of sulfone groups is 1. The fourth-order valence-electron chi connectivity index (χ4n) is 2.60. The van der Waals surface area contributed by atoms with Crippen molar-refractivity contribution < 1.29 is 26.4 Å². The predicted octanol–water partition coefficient (Wildman–Crippen LogP) is 0.439. The molecule has 8 nitrogen and oxygen atoms in total. The van der Waals surface area contributed by atoms with Gasteiger partial charge >= 0.3 is 6.09 Å². The summed E-state index contributed by atoms with van der Waals surface area (Å²) in [4.78, 5) is 11.6. The zero-order valence-corrected chi connectivity index (χ0v) is 15.7. The lowest BCUT2D eigenvalue weighted by Gasteiger charge is -2.20. The topological polar surface area (TPSA) is 119 Å². The second-order valence-corrected chi connectivity index (χ2v) is 9.64. The Labute approximate surface area is 147 Å². The number of amides is 1. The first-order valence-corrected chi connectivity index (χ1v) is 11.2. The number of ether oxygens (including phenoxy) is 1. The maximum Gasteiger partial charge on any atom is 0.407 e. The Morgan fingerprint density at radius 3 is 2.32 bits per heavy atom. The molecule has 0 aromatic heterocycles. The molecule has 1 aromatic carbocycles. The minimum atomic E-state index is -3.91. The van der Waals surface area contributed by atoms with E-state index < -0.39 is 38.0 Å². The number of aryl methyl sites for hydroxylation is 1. The smallest absolute Gasteiger partial charge is 0.407 e. The summed E-state index contributed by atoms with van der Waals surface area (Å²) < 4.78 is 55.9. The molecule has 0 bridgehead atoms. The van der Waals surface area contributed by atoms with Crippen molar-refractivity contribution in [2.24, 2.45) is 0 Å². The third-order valence-corrected chi connectivity index (χ3v) is 7.12. The number of benzene rings is 1. The Morgan fingerprint density at radius 2 is 1.76 bits per heavy atom. The van der Waals surface area contributed by atoms with Crippen molar-refractivity contribution in [3.05, 3.63) is 29.8 Å². The van der Waals surface area contributed by atoms with Gasteiger partial charge in [-0.25, -0.2) is 26.4 Å². The highest BCUT2D eigenvalue weighted by atomic mass is 32.2. The van der Waals surface area contributed by atoms with Crippen LogP contribution in [0.2, 0.25) is 0 Å². The van der Waals surface area contributed by atoms with Gasteiger partial charge in [0.25, 0.3) is 0 Å². The predicted molar refractivity (Wildman–Crippen MR) is 92.5 cm³/mol. The summed E-state index contributed by atoms with van der Waals surface area (Å²) in [6, 6.07) is 4.51. The molecule has 2 rings (SSSR count). The minimum absolute atomic E-state index is 0.0453. The summed E-state index contributed by atoms with van der Waals surface area (Å²) >= 11 is 0. The molecule has 10 heteroatoms. The maximum atomic E-state index is 12.5. The van der Waals surface area contributed by atoms with Gasteiger partial charge in [-0.2, -0.15) is 0 Å². The number of hydrogen-bond acceptors (Lipinski definition) is 6. The van der Waals surface area contributed by atoms with E-state index in [1.165, 1.54) is 12.1 Å². The first kappa shape index (κ1) is 19.7. The molecule has 2 atom stereocenters. The molecule has 25 heavy (non-hydrogen) atoms. The van der Waals surface area contributed by atoms with E-state index >= 15 is 0 Å². The molecule has 1 fully saturated rings. The monoisotopic (exact) mass is 390 g/mol. The Bertz CT molecular complexity index is 818. The molecule has 2 N–H and O–H groups in total. The van der Waals surface area contributed by atoms with Crippen LogP contribution in [0.5, 0.6) is 0 Å². The summed E-state index contributed by atoms with van der Waals surface area (Å²) in [7, 11) is -7.37. The number of hydrogen-bond donors (Lipinski definition) is 2. The average molecular weight is 390 g/mol. The van der Waals surface area contributed by atoms with Crippen molar-refractivity contribution in [3.8, 4) is 0 Å². The molecule has 0 spiro atoms. The Balaban J connectivity index is 2.17. The second-order valence-electron chi connectivity index (χ2n) is 5.77. The molecule has 1 saturated heterocycles. The molecule has 1 amide bonds. The largest absolute Gasteiger partial charge is 0.450 e. The van der Waals surface area contributed by atoms with Crippen molar-refractivity contribution in [2.45, 2.75) is 37.2 Å². The van der Waals surface area contributed by atoms with E-state index in [4.69, 9.17) is 4.74 Å². The third-order valence-electron chi connectivity index (χ3n) is 3.88. The minimum Gasteiger partial charge on any atom is -0.450 e. The summed E-state index contributed by atoms with van der Waals surface area (Å²) in [5, 5.41) is 2.41. The Hall–Kier alpha value is -1.65.